The molecule has 4 nitrogen and oxygen atoms in total. The van der Waals surface area contributed by atoms with Crippen LogP contribution in [-0.2, 0) is 6.54 Å². The zero-order valence-electron chi connectivity index (χ0n) is 9.78. The monoisotopic (exact) mass is 295 g/mol. The summed E-state index contributed by atoms with van der Waals surface area (Å²) in [4.78, 5) is 0. The van der Waals surface area contributed by atoms with Gasteiger partial charge in [-0.3, -0.25) is 0 Å². The van der Waals surface area contributed by atoms with Crippen LogP contribution in [0.1, 0.15) is 5.56 Å². The van der Waals surface area contributed by atoms with Gasteiger partial charge in [-0.2, -0.15) is 13.2 Å². The van der Waals surface area contributed by atoms with Crippen LogP contribution in [0.15, 0.2) is 29.4 Å². The number of nitrogens with two attached hydrogens (primary N) is 1. The molecular weight excluding hydrogens is 283 g/mol. The smallest absolute Gasteiger partial charge is 0.400 e. The molecule has 0 bridgehead atoms. The number of alkyl halides is 3. The van der Waals surface area contributed by atoms with E-state index >= 15 is 0 Å². The molecule has 0 fully saturated rings. The first kappa shape index (κ1) is 15.6. The molecule has 19 heavy (non-hydrogen) atoms. The van der Waals surface area contributed by atoms with Crippen molar-refractivity contribution in [1.29, 1.82) is 0 Å². The molecule has 0 aromatic heterocycles. The predicted octanol–water partition coefficient (Wildman–Crippen LogP) is 2.35. The Hall–Kier alpha value is -1.47. The number of benzene rings is 1. The van der Waals surface area contributed by atoms with E-state index in [-0.39, 0.29) is 6.54 Å². The third-order valence-corrected chi connectivity index (χ3v) is 2.71. The molecule has 1 rings (SSSR count). The number of amidine groups is 1. The second kappa shape index (κ2) is 6.63. The number of nitrogens with zero attached hydrogens (tertiary/aromatic N) is 1. The Kier molecular flexibility index (Phi) is 5.44. The molecule has 0 aliphatic rings. The highest BCUT2D eigenvalue weighted by atomic mass is 35.5. The lowest BCUT2D eigenvalue weighted by Crippen LogP contribution is -2.42. The van der Waals surface area contributed by atoms with E-state index in [4.69, 9.17) is 22.5 Å². The van der Waals surface area contributed by atoms with Gasteiger partial charge in [0.15, 0.2) is 5.84 Å². The van der Waals surface area contributed by atoms with Crippen LogP contribution in [0.4, 0.5) is 13.2 Å². The highest BCUT2D eigenvalue weighted by Crippen LogP contribution is 2.25. The average Bonchev–Trinajstić information content (AvgIpc) is 2.34. The molecule has 1 atom stereocenters. The molecule has 106 valence electrons. The zero-order valence-corrected chi connectivity index (χ0v) is 10.5. The summed E-state index contributed by atoms with van der Waals surface area (Å²) in [5.41, 5.74) is 5.81. The summed E-state index contributed by atoms with van der Waals surface area (Å²) in [7, 11) is 0. The molecule has 4 N–H and O–H groups in total. The van der Waals surface area contributed by atoms with Gasteiger partial charge < -0.3 is 16.3 Å². The number of hydrogen-bond donors (Lipinski definition) is 3. The molecule has 0 aliphatic heterocycles. The molecule has 0 saturated heterocycles. The first-order chi connectivity index (χ1) is 8.84. The van der Waals surface area contributed by atoms with Gasteiger partial charge in [-0.05, 0) is 17.7 Å². The normalized spacial score (nSPS) is 14.4. The van der Waals surface area contributed by atoms with Crippen molar-refractivity contribution in [3.05, 3.63) is 34.9 Å². The van der Waals surface area contributed by atoms with Gasteiger partial charge in [0.2, 0.25) is 0 Å². The Morgan fingerprint density at radius 2 is 1.95 bits per heavy atom. The Morgan fingerprint density at radius 3 is 2.42 bits per heavy atom. The van der Waals surface area contributed by atoms with Gasteiger partial charge in [0.25, 0.3) is 0 Å². The van der Waals surface area contributed by atoms with E-state index in [0.717, 1.165) is 5.56 Å². The van der Waals surface area contributed by atoms with Crippen LogP contribution in [0.3, 0.4) is 0 Å². The van der Waals surface area contributed by atoms with E-state index in [9.17, 15) is 13.2 Å². The van der Waals surface area contributed by atoms with Crippen molar-refractivity contribution in [2.24, 2.45) is 16.8 Å². The molecule has 0 radical (unpaired) electrons. The largest absolute Gasteiger partial charge is 0.409 e. The van der Waals surface area contributed by atoms with Crippen LogP contribution in [0.2, 0.25) is 5.02 Å². The van der Waals surface area contributed by atoms with Crippen LogP contribution < -0.4 is 11.1 Å². The van der Waals surface area contributed by atoms with E-state index in [1.54, 1.807) is 24.3 Å². The topological polar surface area (TPSA) is 70.6 Å². The standard InChI is InChI=1S/C11H13ClF3N3O/c12-8-3-1-7(2-4-8)5-17-6-9(10(16)18-19)11(13,14)15/h1-4,9,17,19H,5-6H2,(H2,16,18). The summed E-state index contributed by atoms with van der Waals surface area (Å²) in [5.74, 6) is -2.89. The predicted molar refractivity (Wildman–Crippen MR) is 66.1 cm³/mol. The van der Waals surface area contributed by atoms with Crippen molar-refractivity contribution < 1.29 is 18.4 Å². The van der Waals surface area contributed by atoms with Crippen LogP contribution in [-0.4, -0.2) is 23.8 Å². The quantitative estimate of drug-likeness (QED) is 0.338. The lowest BCUT2D eigenvalue weighted by Gasteiger charge is -2.19. The second-order valence-corrected chi connectivity index (χ2v) is 4.31. The van der Waals surface area contributed by atoms with Crippen LogP contribution in [0.25, 0.3) is 0 Å². The number of halogens is 4. The SMILES string of the molecule is N/C(=N/O)C(CNCc1ccc(Cl)cc1)C(F)(F)F. The molecule has 1 aromatic rings. The van der Waals surface area contributed by atoms with Crippen molar-refractivity contribution in [2.45, 2.75) is 12.7 Å². The molecule has 0 amide bonds. The van der Waals surface area contributed by atoms with E-state index < -0.39 is 24.5 Å². The molecule has 0 saturated carbocycles. The minimum Gasteiger partial charge on any atom is -0.409 e. The van der Waals surface area contributed by atoms with E-state index in [1.807, 2.05) is 0 Å². The van der Waals surface area contributed by atoms with Crippen LogP contribution >= 0.6 is 11.6 Å². The Morgan fingerprint density at radius 1 is 1.37 bits per heavy atom. The van der Waals surface area contributed by atoms with Gasteiger partial charge in [-0.1, -0.05) is 28.9 Å². The molecule has 0 aliphatic carbocycles. The maximum atomic E-state index is 12.6. The van der Waals surface area contributed by atoms with E-state index in [1.165, 1.54) is 0 Å². The van der Waals surface area contributed by atoms with E-state index in [2.05, 4.69) is 10.5 Å². The molecule has 1 unspecified atom stereocenters. The lowest BCUT2D eigenvalue weighted by molar-refractivity contribution is -0.154. The summed E-state index contributed by atoms with van der Waals surface area (Å²) in [6.45, 7) is -0.246. The van der Waals surface area contributed by atoms with Gasteiger partial charge in [-0.15, -0.1) is 0 Å². The number of nitrogens with one attached hydrogen (secondary N) is 1. The van der Waals surface area contributed by atoms with Gasteiger partial charge in [0.05, 0.1) is 0 Å². The molecular formula is C11H13ClF3N3O. The van der Waals surface area contributed by atoms with Gasteiger partial charge in [0, 0.05) is 18.1 Å². The molecule has 0 spiro atoms. The third-order valence-electron chi connectivity index (χ3n) is 2.46. The fourth-order valence-corrected chi connectivity index (χ4v) is 1.55. The molecule has 0 heterocycles. The summed E-state index contributed by atoms with van der Waals surface area (Å²) < 4.78 is 37.8. The minimum atomic E-state index is -4.57. The maximum absolute atomic E-state index is 12.6. The highest BCUT2D eigenvalue weighted by Gasteiger charge is 2.42. The summed E-state index contributed by atoms with van der Waals surface area (Å²) in [5, 5.41) is 13.9. The summed E-state index contributed by atoms with van der Waals surface area (Å²) >= 11 is 5.69. The van der Waals surface area contributed by atoms with E-state index in [0.29, 0.717) is 5.02 Å². The average molecular weight is 296 g/mol. The number of rotatable bonds is 5. The highest BCUT2D eigenvalue weighted by molar-refractivity contribution is 6.30. The number of hydrogen-bond acceptors (Lipinski definition) is 3. The number of oxime groups is 1. The van der Waals surface area contributed by atoms with Crippen molar-refractivity contribution >= 4 is 17.4 Å². The first-order valence-corrected chi connectivity index (χ1v) is 5.71. The zero-order chi connectivity index (χ0) is 14.5. The first-order valence-electron chi connectivity index (χ1n) is 5.34. The second-order valence-electron chi connectivity index (χ2n) is 3.88. The summed E-state index contributed by atoms with van der Waals surface area (Å²) in [6.07, 6.45) is -4.57. The summed E-state index contributed by atoms with van der Waals surface area (Å²) in [6, 6.07) is 6.68. The fourth-order valence-electron chi connectivity index (χ4n) is 1.42. The Bertz CT molecular complexity index is 434. The van der Waals surface area contributed by atoms with Gasteiger partial charge in [0.1, 0.15) is 5.92 Å². The van der Waals surface area contributed by atoms with Crippen molar-refractivity contribution in [2.75, 3.05) is 6.54 Å². The Labute approximate surface area is 113 Å². The molecule has 8 heteroatoms. The van der Waals surface area contributed by atoms with Crippen LogP contribution in [0, 0.1) is 5.92 Å². The maximum Gasteiger partial charge on any atom is 0.400 e. The third kappa shape index (κ3) is 4.96. The van der Waals surface area contributed by atoms with Crippen molar-refractivity contribution in [3.63, 3.8) is 0 Å². The van der Waals surface area contributed by atoms with Crippen LogP contribution in [0.5, 0.6) is 0 Å². The van der Waals surface area contributed by atoms with Gasteiger partial charge >= 0.3 is 6.18 Å². The van der Waals surface area contributed by atoms with Gasteiger partial charge in [-0.25, -0.2) is 0 Å². The fraction of sp³-hybridized carbons (Fsp3) is 0.364. The minimum absolute atomic E-state index is 0.225. The lowest BCUT2D eigenvalue weighted by atomic mass is 10.1. The Balaban J connectivity index is 2.56. The van der Waals surface area contributed by atoms with Crippen molar-refractivity contribution in [3.8, 4) is 0 Å². The molecule has 1 aromatic carbocycles. The van der Waals surface area contributed by atoms with Crippen molar-refractivity contribution in [1.82, 2.24) is 5.32 Å².